The standard InChI is InChI=1S/C16H19N3O/c1-11-4-6-13(7-5-11)19(3)16(20)15-8-14(15)12-9-17-18(2)10-12/h4-7,9-10,14-15H,8H2,1-3H3/t14-,15-/m1/s1. The van der Waals surface area contributed by atoms with E-state index in [9.17, 15) is 4.79 Å². The van der Waals surface area contributed by atoms with Gasteiger partial charge in [0.2, 0.25) is 5.91 Å². The van der Waals surface area contributed by atoms with Crippen LogP contribution in [-0.2, 0) is 11.8 Å². The predicted octanol–water partition coefficient (Wildman–Crippen LogP) is 2.50. The van der Waals surface area contributed by atoms with Crippen molar-refractivity contribution in [3.8, 4) is 0 Å². The molecule has 0 bridgehead atoms. The van der Waals surface area contributed by atoms with Crippen LogP contribution in [0.4, 0.5) is 5.69 Å². The highest BCUT2D eigenvalue weighted by atomic mass is 16.2. The first kappa shape index (κ1) is 12.9. The molecule has 4 heteroatoms. The molecule has 0 spiro atoms. The number of anilines is 1. The number of benzene rings is 1. The summed E-state index contributed by atoms with van der Waals surface area (Å²) >= 11 is 0. The fourth-order valence-electron chi connectivity index (χ4n) is 2.61. The largest absolute Gasteiger partial charge is 0.315 e. The van der Waals surface area contributed by atoms with Crippen molar-refractivity contribution in [2.45, 2.75) is 19.3 Å². The molecule has 4 nitrogen and oxygen atoms in total. The molecular formula is C16H19N3O. The smallest absolute Gasteiger partial charge is 0.230 e. The fraction of sp³-hybridized carbons (Fsp3) is 0.375. The van der Waals surface area contributed by atoms with E-state index < -0.39 is 0 Å². The minimum absolute atomic E-state index is 0.102. The van der Waals surface area contributed by atoms with Crippen molar-refractivity contribution in [3.63, 3.8) is 0 Å². The first-order valence-corrected chi connectivity index (χ1v) is 6.89. The monoisotopic (exact) mass is 269 g/mol. The van der Waals surface area contributed by atoms with Crippen LogP contribution >= 0.6 is 0 Å². The number of carbonyl (C=O) groups excluding carboxylic acids is 1. The Balaban J connectivity index is 1.70. The third-order valence-electron chi connectivity index (χ3n) is 4.01. The van der Waals surface area contributed by atoms with Gasteiger partial charge in [0.25, 0.3) is 0 Å². The van der Waals surface area contributed by atoms with E-state index in [2.05, 4.69) is 5.10 Å². The Morgan fingerprint density at radius 2 is 2.05 bits per heavy atom. The molecule has 3 rings (SSSR count). The van der Waals surface area contributed by atoms with Gasteiger partial charge < -0.3 is 4.90 Å². The Kier molecular flexibility index (Phi) is 3.08. The van der Waals surface area contributed by atoms with Crippen LogP contribution in [0.5, 0.6) is 0 Å². The van der Waals surface area contributed by atoms with Gasteiger partial charge in [-0.3, -0.25) is 9.48 Å². The zero-order chi connectivity index (χ0) is 14.3. The summed E-state index contributed by atoms with van der Waals surface area (Å²) in [4.78, 5) is 14.2. The van der Waals surface area contributed by atoms with Gasteiger partial charge >= 0.3 is 0 Å². The molecule has 1 aromatic heterocycles. The van der Waals surface area contributed by atoms with Gasteiger partial charge in [-0.15, -0.1) is 0 Å². The van der Waals surface area contributed by atoms with Gasteiger partial charge in [0.15, 0.2) is 0 Å². The van der Waals surface area contributed by atoms with Crippen molar-refractivity contribution in [1.82, 2.24) is 9.78 Å². The number of amides is 1. The lowest BCUT2D eigenvalue weighted by Gasteiger charge is -2.17. The summed E-state index contributed by atoms with van der Waals surface area (Å²) in [5.74, 6) is 0.636. The van der Waals surface area contributed by atoms with Gasteiger partial charge in [0, 0.05) is 31.9 Å². The summed E-state index contributed by atoms with van der Waals surface area (Å²) in [5.41, 5.74) is 3.33. The molecule has 20 heavy (non-hydrogen) atoms. The molecule has 1 fully saturated rings. The number of carbonyl (C=O) groups is 1. The summed E-state index contributed by atoms with van der Waals surface area (Å²) in [6, 6.07) is 8.05. The lowest BCUT2D eigenvalue weighted by atomic mass is 10.1. The van der Waals surface area contributed by atoms with Crippen molar-refractivity contribution in [2.75, 3.05) is 11.9 Å². The van der Waals surface area contributed by atoms with Crippen molar-refractivity contribution >= 4 is 11.6 Å². The van der Waals surface area contributed by atoms with E-state index in [0.717, 1.165) is 12.1 Å². The second-order valence-electron chi connectivity index (χ2n) is 5.63. The van der Waals surface area contributed by atoms with E-state index >= 15 is 0 Å². The Morgan fingerprint density at radius 3 is 2.65 bits per heavy atom. The van der Waals surface area contributed by atoms with Crippen molar-refractivity contribution < 1.29 is 4.79 Å². The Morgan fingerprint density at radius 1 is 1.35 bits per heavy atom. The summed E-state index contributed by atoms with van der Waals surface area (Å²) in [6.45, 7) is 2.05. The van der Waals surface area contributed by atoms with Gasteiger partial charge in [-0.05, 0) is 37.0 Å². The first-order valence-electron chi connectivity index (χ1n) is 6.89. The van der Waals surface area contributed by atoms with Crippen molar-refractivity contribution in [3.05, 3.63) is 47.8 Å². The number of aromatic nitrogens is 2. The second-order valence-corrected chi connectivity index (χ2v) is 5.63. The van der Waals surface area contributed by atoms with Gasteiger partial charge in [0.1, 0.15) is 0 Å². The van der Waals surface area contributed by atoms with Crippen LogP contribution in [0.15, 0.2) is 36.7 Å². The maximum absolute atomic E-state index is 12.5. The van der Waals surface area contributed by atoms with Crippen molar-refractivity contribution in [2.24, 2.45) is 13.0 Å². The van der Waals surface area contributed by atoms with Crippen LogP contribution in [0, 0.1) is 12.8 Å². The number of hydrogen-bond acceptors (Lipinski definition) is 2. The normalized spacial score (nSPS) is 20.8. The zero-order valence-corrected chi connectivity index (χ0v) is 12.1. The maximum Gasteiger partial charge on any atom is 0.230 e. The quantitative estimate of drug-likeness (QED) is 0.858. The van der Waals surface area contributed by atoms with E-state index in [1.807, 2.05) is 57.7 Å². The summed E-state index contributed by atoms with van der Waals surface area (Å²) in [6.07, 6.45) is 4.80. The van der Waals surface area contributed by atoms with Crippen LogP contribution in [-0.4, -0.2) is 22.7 Å². The topological polar surface area (TPSA) is 38.1 Å². The van der Waals surface area contributed by atoms with Crippen LogP contribution in [0.3, 0.4) is 0 Å². The predicted molar refractivity (Wildman–Crippen MR) is 78.6 cm³/mol. The van der Waals surface area contributed by atoms with E-state index in [1.165, 1.54) is 11.1 Å². The third-order valence-corrected chi connectivity index (χ3v) is 4.01. The fourth-order valence-corrected chi connectivity index (χ4v) is 2.61. The second kappa shape index (κ2) is 4.78. The minimum atomic E-state index is 0.102. The Bertz CT molecular complexity index is 629. The molecule has 1 amide bonds. The molecule has 0 unspecified atom stereocenters. The molecular weight excluding hydrogens is 250 g/mol. The molecule has 2 atom stereocenters. The Labute approximate surface area is 119 Å². The highest BCUT2D eigenvalue weighted by Crippen LogP contribution is 2.48. The van der Waals surface area contributed by atoms with E-state index in [-0.39, 0.29) is 11.8 Å². The highest BCUT2D eigenvalue weighted by Gasteiger charge is 2.45. The molecule has 1 aromatic carbocycles. The summed E-state index contributed by atoms with van der Waals surface area (Å²) < 4.78 is 1.79. The maximum atomic E-state index is 12.5. The van der Waals surface area contributed by atoms with Gasteiger partial charge in [-0.25, -0.2) is 0 Å². The molecule has 1 saturated carbocycles. The lowest BCUT2D eigenvalue weighted by molar-refractivity contribution is -0.119. The number of aryl methyl sites for hydroxylation is 2. The summed E-state index contributed by atoms with van der Waals surface area (Å²) in [7, 11) is 3.76. The summed E-state index contributed by atoms with van der Waals surface area (Å²) in [5, 5.41) is 4.18. The van der Waals surface area contributed by atoms with Crippen LogP contribution in [0.2, 0.25) is 0 Å². The SMILES string of the molecule is Cc1ccc(N(C)C(=O)[C@@H]2C[C@@H]2c2cnn(C)c2)cc1. The highest BCUT2D eigenvalue weighted by molar-refractivity contribution is 5.97. The van der Waals surface area contributed by atoms with Gasteiger partial charge in [-0.1, -0.05) is 17.7 Å². The molecule has 1 heterocycles. The van der Waals surface area contributed by atoms with Crippen LogP contribution in [0.1, 0.15) is 23.5 Å². The van der Waals surface area contributed by atoms with E-state index in [4.69, 9.17) is 0 Å². The minimum Gasteiger partial charge on any atom is -0.315 e. The molecule has 0 N–H and O–H groups in total. The molecule has 104 valence electrons. The van der Waals surface area contributed by atoms with Crippen LogP contribution in [0.25, 0.3) is 0 Å². The third kappa shape index (κ3) is 2.33. The molecule has 2 aromatic rings. The number of nitrogens with zero attached hydrogens (tertiary/aromatic N) is 3. The van der Waals surface area contributed by atoms with E-state index in [1.54, 1.807) is 9.58 Å². The van der Waals surface area contributed by atoms with Crippen molar-refractivity contribution in [1.29, 1.82) is 0 Å². The Hall–Kier alpha value is -2.10. The number of hydrogen-bond donors (Lipinski definition) is 0. The average Bonchev–Trinajstić information content (AvgIpc) is 3.13. The molecule has 0 aliphatic heterocycles. The molecule has 0 saturated heterocycles. The molecule has 1 aliphatic carbocycles. The number of rotatable bonds is 3. The van der Waals surface area contributed by atoms with Crippen LogP contribution < -0.4 is 4.90 Å². The molecule has 1 aliphatic rings. The lowest BCUT2D eigenvalue weighted by Crippen LogP contribution is -2.28. The zero-order valence-electron chi connectivity index (χ0n) is 12.1. The van der Waals surface area contributed by atoms with Gasteiger partial charge in [0.05, 0.1) is 6.20 Å². The average molecular weight is 269 g/mol. The first-order chi connectivity index (χ1) is 9.56. The molecule has 0 radical (unpaired) electrons. The van der Waals surface area contributed by atoms with Gasteiger partial charge in [-0.2, -0.15) is 5.10 Å². The van der Waals surface area contributed by atoms with E-state index in [0.29, 0.717) is 5.92 Å².